The molecule has 10 nitrogen and oxygen atoms in total. The van der Waals surface area contributed by atoms with Gasteiger partial charge in [-0.3, -0.25) is 4.98 Å². The maximum atomic E-state index is 14.3. The van der Waals surface area contributed by atoms with Crippen LogP contribution in [0.1, 0.15) is 16.1 Å². The number of H-pyrrole nitrogens is 1. The zero-order chi connectivity index (χ0) is 24.6. The van der Waals surface area contributed by atoms with E-state index in [1.54, 1.807) is 0 Å². The number of hydrogen-bond donors (Lipinski definition) is 2. The molecule has 0 aliphatic carbocycles. The minimum atomic E-state index is -1.34. The summed E-state index contributed by atoms with van der Waals surface area (Å²) in [6.45, 7) is -0.448. The Labute approximate surface area is 194 Å². The molecule has 0 bridgehead atoms. The van der Waals surface area contributed by atoms with Crippen LogP contribution in [0.3, 0.4) is 0 Å². The van der Waals surface area contributed by atoms with E-state index in [1.807, 2.05) is 0 Å². The predicted octanol–water partition coefficient (Wildman–Crippen LogP) is 3.33. The van der Waals surface area contributed by atoms with E-state index in [2.05, 4.69) is 15.0 Å². The van der Waals surface area contributed by atoms with Gasteiger partial charge in [0.1, 0.15) is 12.4 Å². The van der Waals surface area contributed by atoms with Gasteiger partial charge in [0.15, 0.2) is 40.1 Å². The second-order valence-electron chi connectivity index (χ2n) is 6.78. The molecule has 0 saturated carbocycles. The minimum Gasteiger partial charge on any atom is -0.496 e. The first-order valence-electron chi connectivity index (χ1n) is 9.47. The normalized spacial score (nSPS) is 11.0. The van der Waals surface area contributed by atoms with Gasteiger partial charge in [-0.15, -0.1) is 0 Å². The molecule has 0 atom stereocenters. The third kappa shape index (κ3) is 3.99. The van der Waals surface area contributed by atoms with Crippen LogP contribution in [0.2, 0.25) is 5.02 Å². The van der Waals surface area contributed by atoms with Crippen molar-refractivity contribution in [2.45, 2.75) is 6.61 Å². The Kier molecular flexibility index (Phi) is 6.07. The lowest BCUT2D eigenvalue weighted by Crippen LogP contribution is -2.16. The summed E-state index contributed by atoms with van der Waals surface area (Å²) in [6, 6.07) is 4.83. The van der Waals surface area contributed by atoms with Gasteiger partial charge in [-0.25, -0.2) is 32.9 Å². The van der Waals surface area contributed by atoms with Crippen molar-refractivity contribution in [1.82, 2.24) is 19.5 Å². The Balaban J connectivity index is 1.82. The van der Waals surface area contributed by atoms with Gasteiger partial charge in [0, 0.05) is 12.1 Å². The van der Waals surface area contributed by atoms with Crippen molar-refractivity contribution >= 4 is 28.9 Å². The first kappa shape index (κ1) is 23.0. The van der Waals surface area contributed by atoms with E-state index in [0.717, 1.165) is 16.8 Å². The van der Waals surface area contributed by atoms with Gasteiger partial charge >= 0.3 is 11.7 Å². The second-order valence-corrected chi connectivity index (χ2v) is 7.19. The third-order valence-electron chi connectivity index (χ3n) is 4.83. The lowest BCUT2D eigenvalue weighted by molar-refractivity contribution is 0.0690. The van der Waals surface area contributed by atoms with Crippen LogP contribution in [0.5, 0.6) is 17.2 Å². The van der Waals surface area contributed by atoms with Gasteiger partial charge < -0.3 is 19.3 Å². The van der Waals surface area contributed by atoms with Crippen LogP contribution in [0.25, 0.3) is 17.0 Å². The molecule has 2 aromatic heterocycles. The Morgan fingerprint density at radius 3 is 2.59 bits per heavy atom. The van der Waals surface area contributed by atoms with Crippen LogP contribution in [-0.2, 0) is 6.61 Å². The van der Waals surface area contributed by atoms with E-state index in [0.29, 0.717) is 0 Å². The molecule has 0 aliphatic heterocycles. The number of carboxylic acids is 1. The van der Waals surface area contributed by atoms with Gasteiger partial charge in [-0.1, -0.05) is 11.6 Å². The maximum Gasteiger partial charge on any atom is 0.356 e. The first-order chi connectivity index (χ1) is 16.2. The van der Waals surface area contributed by atoms with Gasteiger partial charge in [0.05, 0.1) is 36.7 Å². The number of nitrogens with zero attached hydrogens (tertiary/aromatic N) is 3. The summed E-state index contributed by atoms with van der Waals surface area (Å²) in [6.07, 6.45) is 0.996. The Morgan fingerprint density at radius 2 is 1.91 bits per heavy atom. The van der Waals surface area contributed by atoms with Crippen molar-refractivity contribution in [3.8, 4) is 22.9 Å². The van der Waals surface area contributed by atoms with Crippen LogP contribution in [0.4, 0.5) is 8.78 Å². The number of aromatic carboxylic acids is 1. The summed E-state index contributed by atoms with van der Waals surface area (Å²) in [7, 11) is 2.64. The fraction of sp³-hybridized carbons (Fsp3) is 0.143. The third-order valence-corrected chi connectivity index (χ3v) is 5.14. The maximum absolute atomic E-state index is 14.3. The lowest BCUT2D eigenvalue weighted by atomic mass is 10.2. The SMILES string of the molecule is COc1cc(Cl)c(-n2c(=O)[nH]c3ncc(C(=O)O)nc32)cc1OCc1c(OC)ccc(F)c1F. The molecule has 2 aromatic carbocycles. The summed E-state index contributed by atoms with van der Waals surface area (Å²) in [5.41, 5.74) is -1.29. The highest BCUT2D eigenvalue weighted by Gasteiger charge is 2.21. The molecular weight excluding hydrogens is 478 g/mol. The molecule has 176 valence electrons. The summed E-state index contributed by atoms with van der Waals surface area (Å²) in [4.78, 5) is 34.2. The standard InChI is InChI=1S/C21H15ClF2N4O6/c1-32-14-4-3-11(23)17(24)9(14)8-34-16-6-13(10(22)5-15(16)33-2)28-19-18(27-21(28)31)25-7-12(26-19)20(29)30/h3-7H,8H2,1-2H3,(H,29,30)(H,25,27,31). The fourth-order valence-corrected chi connectivity index (χ4v) is 3.46. The topological polar surface area (TPSA) is 129 Å². The molecule has 2 heterocycles. The van der Waals surface area contributed by atoms with Gasteiger partial charge in [-0.05, 0) is 12.1 Å². The zero-order valence-electron chi connectivity index (χ0n) is 17.6. The summed E-state index contributed by atoms with van der Waals surface area (Å²) < 4.78 is 45.1. The highest BCUT2D eigenvalue weighted by Crippen LogP contribution is 2.37. The number of aromatic amines is 1. The van der Waals surface area contributed by atoms with Crippen LogP contribution < -0.4 is 19.9 Å². The average Bonchev–Trinajstić information content (AvgIpc) is 3.15. The number of nitrogens with one attached hydrogen (secondary N) is 1. The molecule has 4 rings (SSSR count). The quantitative estimate of drug-likeness (QED) is 0.402. The number of methoxy groups -OCH3 is 2. The number of carbonyl (C=O) groups is 1. The van der Waals surface area contributed by atoms with Crippen molar-refractivity contribution in [1.29, 1.82) is 0 Å². The Bertz CT molecular complexity index is 1490. The molecule has 2 N–H and O–H groups in total. The number of aromatic nitrogens is 4. The van der Waals surface area contributed by atoms with Gasteiger partial charge in [0.25, 0.3) is 0 Å². The van der Waals surface area contributed by atoms with Gasteiger partial charge in [-0.2, -0.15) is 0 Å². The summed E-state index contributed by atoms with van der Waals surface area (Å²) in [5, 5.41) is 9.24. The molecule has 34 heavy (non-hydrogen) atoms. The molecule has 0 saturated heterocycles. The van der Waals surface area contributed by atoms with Crippen LogP contribution >= 0.6 is 11.6 Å². The molecule has 0 radical (unpaired) electrons. The minimum absolute atomic E-state index is 0.0240. The smallest absolute Gasteiger partial charge is 0.356 e. The number of halogens is 3. The number of ether oxygens (including phenoxy) is 3. The highest BCUT2D eigenvalue weighted by atomic mass is 35.5. The Morgan fingerprint density at radius 1 is 1.18 bits per heavy atom. The Hall–Kier alpha value is -4.19. The van der Waals surface area contributed by atoms with Crippen molar-refractivity contribution < 1.29 is 32.9 Å². The molecular formula is C21H15ClF2N4O6. The van der Waals surface area contributed by atoms with Crippen molar-refractivity contribution in [3.05, 3.63) is 68.9 Å². The zero-order valence-corrected chi connectivity index (χ0v) is 18.3. The molecule has 0 fully saturated rings. The van der Waals surface area contributed by atoms with Crippen LogP contribution in [0, 0.1) is 11.6 Å². The number of imidazole rings is 1. The van der Waals surface area contributed by atoms with E-state index >= 15 is 0 Å². The van der Waals surface area contributed by atoms with E-state index < -0.39 is 35.6 Å². The molecule has 0 spiro atoms. The second kappa shape index (κ2) is 8.98. The van der Waals surface area contributed by atoms with Crippen LogP contribution in [-0.4, -0.2) is 44.8 Å². The number of carboxylic acid groups (broad SMARTS) is 1. The predicted molar refractivity (Wildman–Crippen MR) is 115 cm³/mol. The molecule has 0 aliphatic rings. The molecule has 0 amide bonds. The summed E-state index contributed by atoms with van der Waals surface area (Å²) in [5.74, 6) is -3.34. The highest BCUT2D eigenvalue weighted by molar-refractivity contribution is 6.32. The van der Waals surface area contributed by atoms with Gasteiger partial charge in [0.2, 0.25) is 0 Å². The number of hydrogen-bond acceptors (Lipinski definition) is 7. The van der Waals surface area contributed by atoms with E-state index in [9.17, 15) is 23.5 Å². The molecule has 0 unspecified atom stereocenters. The first-order valence-corrected chi connectivity index (χ1v) is 9.85. The van der Waals surface area contributed by atoms with Crippen molar-refractivity contribution in [2.75, 3.05) is 14.2 Å². The fourth-order valence-electron chi connectivity index (χ4n) is 3.22. The average molecular weight is 493 g/mol. The molecule has 4 aromatic rings. The number of benzene rings is 2. The van der Waals surface area contributed by atoms with Crippen molar-refractivity contribution in [2.24, 2.45) is 0 Å². The van der Waals surface area contributed by atoms with E-state index in [4.69, 9.17) is 25.8 Å². The number of rotatable bonds is 7. The lowest BCUT2D eigenvalue weighted by Gasteiger charge is -2.16. The largest absolute Gasteiger partial charge is 0.496 e. The number of fused-ring (bicyclic) bond motifs is 1. The van der Waals surface area contributed by atoms with E-state index in [1.165, 1.54) is 32.4 Å². The monoisotopic (exact) mass is 492 g/mol. The molecule has 13 heteroatoms. The van der Waals surface area contributed by atoms with E-state index in [-0.39, 0.29) is 44.8 Å². The van der Waals surface area contributed by atoms with Crippen molar-refractivity contribution in [3.63, 3.8) is 0 Å². The summed E-state index contributed by atoms with van der Waals surface area (Å²) >= 11 is 6.35. The van der Waals surface area contributed by atoms with Crippen LogP contribution in [0.15, 0.2) is 35.3 Å².